The second-order valence-electron chi connectivity index (χ2n) is 4.52. The van der Waals surface area contributed by atoms with Gasteiger partial charge in [-0.1, -0.05) is 30.3 Å². The zero-order chi connectivity index (χ0) is 15.4. The van der Waals surface area contributed by atoms with Crippen molar-refractivity contribution in [1.29, 1.82) is 0 Å². The second-order valence-corrected chi connectivity index (χ2v) is 5.37. The predicted molar refractivity (Wildman–Crippen MR) is 83.7 cm³/mol. The molecule has 0 saturated heterocycles. The van der Waals surface area contributed by atoms with Gasteiger partial charge in [-0.2, -0.15) is 0 Å². The molecule has 0 N–H and O–H groups in total. The Bertz CT molecular complexity index is 633. The Morgan fingerprint density at radius 2 is 1.90 bits per heavy atom. The number of amides is 1. The summed E-state index contributed by atoms with van der Waals surface area (Å²) in [6.45, 7) is 0. The number of carbonyl (C=O) groups excluding carboxylic acids is 1. The monoisotopic (exact) mass is 351 g/mol. The van der Waals surface area contributed by atoms with Crippen LogP contribution in [0.1, 0.15) is 11.7 Å². The maximum Gasteiger partial charge on any atom is 0.260 e. The number of ether oxygens (including phenoxy) is 1. The van der Waals surface area contributed by atoms with Gasteiger partial charge in [0.25, 0.3) is 5.91 Å². The zero-order valence-electron chi connectivity index (χ0n) is 11.7. The number of likely N-dealkylation sites (N-methyl/N-ethyl adjacent to an activating group) is 1. The molecule has 0 aliphatic heterocycles. The SMILES string of the molecule is COC(C(=O)N(C)c1ccc(F)cc1Br)c1ccccc1. The molecule has 1 unspecified atom stereocenters. The molecule has 0 heterocycles. The number of rotatable bonds is 4. The van der Waals surface area contributed by atoms with Crippen LogP contribution in [0.4, 0.5) is 10.1 Å². The molecule has 0 saturated carbocycles. The summed E-state index contributed by atoms with van der Waals surface area (Å²) < 4.78 is 19.0. The number of hydrogen-bond acceptors (Lipinski definition) is 2. The first-order valence-corrected chi connectivity index (χ1v) is 7.14. The van der Waals surface area contributed by atoms with E-state index in [4.69, 9.17) is 4.74 Å². The van der Waals surface area contributed by atoms with Crippen molar-refractivity contribution in [2.24, 2.45) is 0 Å². The van der Waals surface area contributed by atoms with Gasteiger partial charge in [-0.3, -0.25) is 4.79 Å². The lowest BCUT2D eigenvalue weighted by atomic mass is 10.1. The van der Waals surface area contributed by atoms with Crippen LogP contribution in [0.3, 0.4) is 0 Å². The van der Waals surface area contributed by atoms with Gasteiger partial charge in [-0.05, 0) is 39.7 Å². The Morgan fingerprint density at radius 3 is 2.48 bits per heavy atom. The van der Waals surface area contributed by atoms with Crippen molar-refractivity contribution in [1.82, 2.24) is 0 Å². The van der Waals surface area contributed by atoms with Crippen molar-refractivity contribution in [2.75, 3.05) is 19.1 Å². The summed E-state index contributed by atoms with van der Waals surface area (Å²) in [4.78, 5) is 14.0. The largest absolute Gasteiger partial charge is 0.367 e. The summed E-state index contributed by atoms with van der Waals surface area (Å²) in [5, 5.41) is 0. The number of anilines is 1. The van der Waals surface area contributed by atoms with Gasteiger partial charge < -0.3 is 9.64 Å². The third kappa shape index (κ3) is 3.49. The fraction of sp³-hybridized carbons (Fsp3) is 0.188. The minimum absolute atomic E-state index is 0.226. The molecule has 0 aromatic heterocycles. The number of halogens is 2. The van der Waals surface area contributed by atoms with Crippen molar-refractivity contribution in [2.45, 2.75) is 6.10 Å². The van der Waals surface area contributed by atoms with Gasteiger partial charge in [0.1, 0.15) is 5.82 Å². The third-order valence-electron chi connectivity index (χ3n) is 3.16. The van der Waals surface area contributed by atoms with Crippen molar-refractivity contribution in [3.8, 4) is 0 Å². The van der Waals surface area contributed by atoms with Gasteiger partial charge >= 0.3 is 0 Å². The molecule has 0 spiro atoms. The highest BCUT2D eigenvalue weighted by Crippen LogP contribution is 2.29. The van der Waals surface area contributed by atoms with Gasteiger partial charge in [-0.15, -0.1) is 0 Å². The lowest BCUT2D eigenvalue weighted by Gasteiger charge is -2.24. The summed E-state index contributed by atoms with van der Waals surface area (Å²) in [6, 6.07) is 13.4. The predicted octanol–water partition coefficient (Wildman–Crippen LogP) is 3.94. The van der Waals surface area contributed by atoms with E-state index in [1.807, 2.05) is 30.3 Å². The normalized spacial score (nSPS) is 12.0. The Balaban J connectivity index is 2.29. The average Bonchev–Trinajstić information content (AvgIpc) is 2.48. The maximum atomic E-state index is 13.1. The van der Waals surface area contributed by atoms with Crippen LogP contribution < -0.4 is 4.90 Å². The van der Waals surface area contributed by atoms with E-state index in [2.05, 4.69) is 15.9 Å². The van der Waals surface area contributed by atoms with E-state index < -0.39 is 6.10 Å². The Kier molecular flexibility index (Phi) is 5.09. The minimum Gasteiger partial charge on any atom is -0.367 e. The molecule has 0 aliphatic carbocycles. The maximum absolute atomic E-state index is 13.1. The molecule has 0 aliphatic rings. The molecular formula is C16H15BrFNO2. The molecule has 21 heavy (non-hydrogen) atoms. The highest BCUT2D eigenvalue weighted by molar-refractivity contribution is 9.10. The average molecular weight is 352 g/mol. The van der Waals surface area contributed by atoms with Crippen LogP contribution in [0.2, 0.25) is 0 Å². The Hall–Kier alpha value is -1.72. The summed E-state index contributed by atoms with van der Waals surface area (Å²) >= 11 is 3.27. The number of benzene rings is 2. The van der Waals surface area contributed by atoms with E-state index in [-0.39, 0.29) is 11.7 Å². The molecule has 5 heteroatoms. The first kappa shape index (κ1) is 15.7. The molecule has 2 aromatic rings. The number of nitrogens with zero attached hydrogens (tertiary/aromatic N) is 1. The fourth-order valence-electron chi connectivity index (χ4n) is 2.06. The van der Waals surface area contributed by atoms with Gasteiger partial charge in [-0.25, -0.2) is 4.39 Å². The summed E-state index contributed by atoms with van der Waals surface area (Å²) in [5.74, 6) is -0.589. The molecule has 0 radical (unpaired) electrons. The zero-order valence-corrected chi connectivity index (χ0v) is 13.3. The summed E-state index contributed by atoms with van der Waals surface area (Å²) in [7, 11) is 3.12. The standard InChI is InChI=1S/C16H15BrFNO2/c1-19(14-9-8-12(18)10-13(14)17)16(20)15(21-2)11-6-4-3-5-7-11/h3-10,15H,1-2H3. The molecule has 3 nitrogen and oxygen atoms in total. The van der Waals surface area contributed by atoms with Gasteiger partial charge in [0.2, 0.25) is 0 Å². The number of methoxy groups -OCH3 is 1. The minimum atomic E-state index is -0.701. The molecule has 2 aromatic carbocycles. The first-order valence-electron chi connectivity index (χ1n) is 6.35. The van der Waals surface area contributed by atoms with Crippen LogP contribution in [-0.4, -0.2) is 20.1 Å². The van der Waals surface area contributed by atoms with Gasteiger partial charge in [0.05, 0.1) is 5.69 Å². The lowest BCUT2D eigenvalue weighted by Crippen LogP contribution is -2.32. The van der Waals surface area contributed by atoms with Crippen LogP contribution in [-0.2, 0) is 9.53 Å². The quantitative estimate of drug-likeness (QED) is 0.834. The number of carbonyl (C=O) groups is 1. The van der Waals surface area contributed by atoms with Gasteiger partial charge in [0.15, 0.2) is 6.10 Å². The van der Waals surface area contributed by atoms with Crippen LogP contribution >= 0.6 is 15.9 Å². The summed E-state index contributed by atoms with van der Waals surface area (Å²) in [6.07, 6.45) is -0.701. The van der Waals surface area contributed by atoms with E-state index in [9.17, 15) is 9.18 Å². The first-order chi connectivity index (χ1) is 10.0. The summed E-state index contributed by atoms with van der Waals surface area (Å²) in [5.41, 5.74) is 1.36. The van der Waals surface area contributed by atoms with Crippen LogP contribution in [0.25, 0.3) is 0 Å². The molecule has 2 rings (SSSR count). The molecule has 110 valence electrons. The highest BCUT2D eigenvalue weighted by Gasteiger charge is 2.25. The lowest BCUT2D eigenvalue weighted by molar-refractivity contribution is -0.128. The highest BCUT2D eigenvalue weighted by atomic mass is 79.9. The van der Waals surface area contributed by atoms with Crippen molar-refractivity contribution in [3.63, 3.8) is 0 Å². The Morgan fingerprint density at radius 1 is 1.24 bits per heavy atom. The number of hydrogen-bond donors (Lipinski definition) is 0. The van der Waals surface area contributed by atoms with E-state index in [1.165, 1.54) is 24.1 Å². The molecular weight excluding hydrogens is 337 g/mol. The van der Waals surface area contributed by atoms with Gasteiger partial charge in [0, 0.05) is 18.6 Å². The third-order valence-corrected chi connectivity index (χ3v) is 3.80. The molecule has 1 atom stereocenters. The van der Waals surface area contributed by atoms with Crippen molar-refractivity contribution in [3.05, 3.63) is 64.4 Å². The fourth-order valence-corrected chi connectivity index (χ4v) is 2.67. The van der Waals surface area contributed by atoms with Crippen LogP contribution in [0.5, 0.6) is 0 Å². The van der Waals surface area contributed by atoms with Crippen molar-refractivity contribution >= 4 is 27.5 Å². The molecule has 0 fully saturated rings. The van der Waals surface area contributed by atoms with E-state index in [0.29, 0.717) is 10.2 Å². The van der Waals surface area contributed by atoms with E-state index >= 15 is 0 Å². The molecule has 0 bridgehead atoms. The van der Waals surface area contributed by atoms with Crippen LogP contribution in [0.15, 0.2) is 53.0 Å². The van der Waals surface area contributed by atoms with E-state index in [0.717, 1.165) is 5.56 Å². The second kappa shape index (κ2) is 6.83. The topological polar surface area (TPSA) is 29.5 Å². The van der Waals surface area contributed by atoms with Crippen LogP contribution in [0, 0.1) is 5.82 Å². The molecule has 1 amide bonds. The van der Waals surface area contributed by atoms with E-state index in [1.54, 1.807) is 13.1 Å². The Labute approximate surface area is 131 Å². The van der Waals surface area contributed by atoms with Crippen molar-refractivity contribution < 1.29 is 13.9 Å². The smallest absolute Gasteiger partial charge is 0.260 e.